The van der Waals surface area contributed by atoms with Gasteiger partial charge < -0.3 is 15.3 Å². The SMILES string of the molecule is Nc1ccc(-c2cnc(C3C4CC4c4cc(-c5cc(Cl)ccc5-n5cnnn5)cc(=O)n43)[nH]2)c(F)c1C(F)(F)F. The summed E-state index contributed by atoms with van der Waals surface area (Å²) in [6.45, 7) is 0. The van der Waals surface area contributed by atoms with Crippen LogP contribution in [-0.4, -0.2) is 34.7 Å². The highest BCUT2D eigenvalue weighted by molar-refractivity contribution is 6.31. The van der Waals surface area contributed by atoms with Gasteiger partial charge in [-0.2, -0.15) is 17.9 Å². The number of hydrogen-bond acceptors (Lipinski definition) is 6. The number of benzene rings is 2. The molecule has 0 amide bonds. The van der Waals surface area contributed by atoms with E-state index >= 15 is 0 Å². The van der Waals surface area contributed by atoms with E-state index in [4.69, 9.17) is 17.3 Å². The molecule has 3 atom stereocenters. The molecule has 1 aliphatic heterocycles. The number of nitrogen functional groups attached to an aromatic ring is 1. The molecule has 202 valence electrons. The molecule has 3 unspecified atom stereocenters. The van der Waals surface area contributed by atoms with Crippen molar-refractivity contribution in [3.8, 4) is 28.1 Å². The van der Waals surface area contributed by atoms with Gasteiger partial charge in [-0.3, -0.25) is 4.79 Å². The second kappa shape index (κ2) is 8.49. The molecule has 0 radical (unpaired) electrons. The molecule has 1 saturated carbocycles. The van der Waals surface area contributed by atoms with Crippen LogP contribution in [0.15, 0.2) is 59.8 Å². The van der Waals surface area contributed by atoms with E-state index in [-0.39, 0.29) is 28.7 Å². The lowest BCUT2D eigenvalue weighted by Gasteiger charge is -2.18. The minimum atomic E-state index is -4.96. The van der Waals surface area contributed by atoms with Gasteiger partial charge in [-0.1, -0.05) is 11.6 Å². The molecule has 5 aromatic rings. The maximum atomic E-state index is 14.9. The van der Waals surface area contributed by atoms with Gasteiger partial charge in [0.2, 0.25) is 0 Å². The predicted molar refractivity (Wildman–Crippen MR) is 136 cm³/mol. The Morgan fingerprint density at radius 2 is 1.93 bits per heavy atom. The predicted octanol–water partition coefficient (Wildman–Crippen LogP) is 4.98. The highest BCUT2D eigenvalue weighted by Crippen LogP contribution is 2.60. The summed E-state index contributed by atoms with van der Waals surface area (Å²) in [5.74, 6) is -0.979. The third kappa shape index (κ3) is 3.72. The summed E-state index contributed by atoms with van der Waals surface area (Å²) < 4.78 is 58.2. The monoisotopic (exact) mass is 568 g/mol. The van der Waals surface area contributed by atoms with Crippen molar-refractivity contribution in [1.29, 1.82) is 0 Å². The van der Waals surface area contributed by atoms with Crippen LogP contribution in [0.2, 0.25) is 5.02 Å². The summed E-state index contributed by atoms with van der Waals surface area (Å²) in [7, 11) is 0. The molecule has 14 heteroatoms. The standard InChI is InChI=1S/C26H17ClF4N8O/c27-12-1-4-19(38-10-34-36-37-38)14(7-12)11-5-20-15-8-16(15)24(39(20)21(40)6-11)25-33-9-18(35-25)13-2-3-17(32)22(23(13)28)26(29,30)31/h1-7,9-10,15-16,24H,8,32H2,(H,33,35). The number of nitrogens with zero attached hydrogens (tertiary/aromatic N) is 6. The smallest absolute Gasteiger partial charge is 0.398 e. The number of tetrazole rings is 1. The summed E-state index contributed by atoms with van der Waals surface area (Å²) in [6, 6.07) is 10.3. The van der Waals surface area contributed by atoms with E-state index in [1.807, 2.05) is 6.07 Å². The number of nitrogens with two attached hydrogens (primary N) is 1. The van der Waals surface area contributed by atoms with Crippen molar-refractivity contribution in [3.05, 3.63) is 93.3 Å². The molecule has 1 fully saturated rings. The normalized spacial score (nSPS) is 19.5. The Morgan fingerprint density at radius 1 is 1.10 bits per heavy atom. The van der Waals surface area contributed by atoms with E-state index in [1.54, 1.807) is 22.8 Å². The molecule has 0 saturated heterocycles. The van der Waals surface area contributed by atoms with Gasteiger partial charge in [0.25, 0.3) is 5.56 Å². The topological polar surface area (TPSA) is 120 Å². The van der Waals surface area contributed by atoms with E-state index in [0.717, 1.165) is 18.2 Å². The van der Waals surface area contributed by atoms with Crippen LogP contribution in [0.4, 0.5) is 23.2 Å². The molecule has 4 heterocycles. The highest BCUT2D eigenvalue weighted by Gasteiger charge is 2.54. The lowest BCUT2D eigenvalue weighted by molar-refractivity contribution is -0.139. The van der Waals surface area contributed by atoms with Crippen LogP contribution in [0.1, 0.15) is 35.5 Å². The van der Waals surface area contributed by atoms with Crippen molar-refractivity contribution in [1.82, 2.24) is 34.7 Å². The van der Waals surface area contributed by atoms with E-state index in [2.05, 4.69) is 25.5 Å². The van der Waals surface area contributed by atoms with Crippen molar-refractivity contribution in [2.75, 3.05) is 5.73 Å². The number of aromatic nitrogens is 7. The maximum absolute atomic E-state index is 14.9. The summed E-state index contributed by atoms with van der Waals surface area (Å²) in [4.78, 5) is 20.8. The molecule has 0 spiro atoms. The van der Waals surface area contributed by atoms with E-state index in [9.17, 15) is 22.4 Å². The van der Waals surface area contributed by atoms with Crippen molar-refractivity contribution in [2.45, 2.75) is 24.6 Å². The minimum absolute atomic E-state index is 0.0540. The molecule has 3 N–H and O–H groups in total. The molecule has 40 heavy (non-hydrogen) atoms. The quantitative estimate of drug-likeness (QED) is 0.233. The Hall–Kier alpha value is -4.52. The summed E-state index contributed by atoms with van der Waals surface area (Å²) in [6.07, 6.45) is -1.45. The van der Waals surface area contributed by atoms with Gasteiger partial charge >= 0.3 is 6.18 Å². The van der Waals surface area contributed by atoms with Crippen molar-refractivity contribution >= 4 is 17.3 Å². The van der Waals surface area contributed by atoms with Crippen LogP contribution >= 0.6 is 11.6 Å². The number of rotatable bonds is 4. The number of fused-ring (bicyclic) bond motifs is 3. The van der Waals surface area contributed by atoms with Crippen molar-refractivity contribution in [2.24, 2.45) is 5.92 Å². The zero-order valence-corrected chi connectivity index (χ0v) is 20.9. The lowest BCUT2D eigenvalue weighted by Crippen LogP contribution is -2.26. The number of alkyl halides is 3. The van der Waals surface area contributed by atoms with Crippen LogP contribution in [0, 0.1) is 11.7 Å². The lowest BCUT2D eigenvalue weighted by atomic mass is 10.0. The molecule has 1 aliphatic carbocycles. The number of pyridine rings is 1. The summed E-state index contributed by atoms with van der Waals surface area (Å²) >= 11 is 6.28. The van der Waals surface area contributed by atoms with Crippen molar-refractivity contribution < 1.29 is 17.6 Å². The summed E-state index contributed by atoms with van der Waals surface area (Å²) in [5.41, 5.74) is 5.37. The Labute approximate surface area is 227 Å². The van der Waals surface area contributed by atoms with Crippen LogP contribution in [0.25, 0.3) is 28.1 Å². The fourth-order valence-electron chi connectivity index (χ4n) is 5.68. The average Bonchev–Trinajstić information content (AvgIpc) is 3.24. The Bertz CT molecular complexity index is 1860. The van der Waals surface area contributed by atoms with E-state index < -0.39 is 29.3 Å². The van der Waals surface area contributed by atoms with Gasteiger partial charge in [-0.05, 0) is 64.7 Å². The summed E-state index contributed by atoms with van der Waals surface area (Å²) in [5, 5.41) is 11.8. The van der Waals surface area contributed by atoms with Gasteiger partial charge in [0.05, 0.1) is 23.6 Å². The molecular weight excluding hydrogens is 552 g/mol. The van der Waals surface area contributed by atoms with Gasteiger partial charge in [0.15, 0.2) is 0 Å². The Kier molecular flexibility index (Phi) is 5.20. The molecule has 7 rings (SSSR count). The second-order valence-corrected chi connectivity index (χ2v) is 10.3. The molecular formula is C26H17ClF4N8O. The molecule has 0 bridgehead atoms. The van der Waals surface area contributed by atoms with E-state index in [1.165, 1.54) is 29.3 Å². The second-order valence-electron chi connectivity index (χ2n) is 9.82. The first-order valence-electron chi connectivity index (χ1n) is 12.1. The zero-order chi connectivity index (χ0) is 27.9. The van der Waals surface area contributed by atoms with E-state index in [0.29, 0.717) is 27.7 Å². The first-order chi connectivity index (χ1) is 19.1. The first-order valence-corrected chi connectivity index (χ1v) is 12.5. The van der Waals surface area contributed by atoms with Crippen LogP contribution in [0.3, 0.4) is 0 Å². The molecule has 2 aliphatic rings. The van der Waals surface area contributed by atoms with Crippen molar-refractivity contribution in [3.63, 3.8) is 0 Å². The van der Waals surface area contributed by atoms with Gasteiger partial charge in [-0.25, -0.2) is 9.37 Å². The molecule has 2 aromatic carbocycles. The van der Waals surface area contributed by atoms with Crippen LogP contribution in [0.5, 0.6) is 0 Å². The number of imidazole rings is 1. The fraction of sp³-hybridized carbons (Fsp3) is 0.192. The maximum Gasteiger partial charge on any atom is 0.421 e. The number of hydrogen-bond donors (Lipinski definition) is 2. The Balaban J connectivity index is 1.29. The zero-order valence-electron chi connectivity index (χ0n) is 20.2. The first kappa shape index (κ1) is 24.5. The highest BCUT2D eigenvalue weighted by atomic mass is 35.5. The number of nitrogens with one attached hydrogen (secondary N) is 1. The van der Waals surface area contributed by atoms with Gasteiger partial charge in [0, 0.05) is 39.5 Å². The number of aromatic amines is 1. The molecule has 3 aromatic heterocycles. The number of H-pyrrole nitrogens is 1. The largest absolute Gasteiger partial charge is 0.421 e. The van der Waals surface area contributed by atoms with Gasteiger partial charge in [0.1, 0.15) is 23.5 Å². The molecule has 9 nitrogen and oxygen atoms in total. The third-order valence-corrected chi connectivity index (χ3v) is 7.73. The third-order valence-electron chi connectivity index (χ3n) is 7.49. The van der Waals surface area contributed by atoms with Gasteiger partial charge in [-0.15, -0.1) is 5.10 Å². The average molecular weight is 569 g/mol. The fourth-order valence-corrected chi connectivity index (χ4v) is 5.85. The van der Waals surface area contributed by atoms with Crippen LogP contribution in [-0.2, 0) is 6.18 Å². The minimum Gasteiger partial charge on any atom is -0.398 e. The number of halogens is 5. The number of anilines is 1. The Morgan fingerprint density at radius 3 is 2.67 bits per heavy atom. The van der Waals surface area contributed by atoms with Crippen LogP contribution < -0.4 is 11.3 Å².